The molecule has 1 N–H and O–H groups in total. The minimum atomic E-state index is -0.470. The molecular formula is C15H19FN2O2. The fourth-order valence-electron chi connectivity index (χ4n) is 1.79. The van der Waals surface area contributed by atoms with Gasteiger partial charge in [-0.05, 0) is 31.5 Å². The van der Waals surface area contributed by atoms with Crippen LogP contribution in [0.3, 0.4) is 0 Å². The molecule has 1 atom stereocenters. The molecule has 1 rings (SSSR count). The van der Waals surface area contributed by atoms with E-state index in [-0.39, 0.29) is 24.8 Å². The van der Waals surface area contributed by atoms with Crippen molar-refractivity contribution in [3.63, 3.8) is 0 Å². The molecule has 0 aliphatic carbocycles. The minimum Gasteiger partial charge on any atom is -0.469 e. The van der Waals surface area contributed by atoms with Crippen LogP contribution in [0.15, 0.2) is 18.2 Å². The van der Waals surface area contributed by atoms with E-state index in [4.69, 9.17) is 5.26 Å². The van der Waals surface area contributed by atoms with E-state index in [9.17, 15) is 9.18 Å². The predicted octanol–water partition coefficient (Wildman–Crippen LogP) is 2.52. The minimum absolute atomic E-state index is 0.208. The molecule has 0 aromatic heterocycles. The van der Waals surface area contributed by atoms with Gasteiger partial charge in [-0.2, -0.15) is 5.26 Å². The van der Waals surface area contributed by atoms with Crippen LogP contribution in [0.1, 0.15) is 37.8 Å². The van der Waals surface area contributed by atoms with Gasteiger partial charge in [0.2, 0.25) is 0 Å². The standard InChI is InChI=1S/C15H19FN2O2/c1-4-15(2,8-14(19)20-3)18-10-12-7-11(9-17)5-6-13(12)16/h5-7,18H,4,8,10H2,1-3H3/t15-/m1/s1. The van der Waals surface area contributed by atoms with E-state index < -0.39 is 5.54 Å². The maximum absolute atomic E-state index is 13.7. The zero-order chi connectivity index (χ0) is 15.2. The molecule has 4 nitrogen and oxygen atoms in total. The number of methoxy groups -OCH3 is 1. The molecule has 1 aromatic rings. The molecule has 0 amide bonds. The highest BCUT2D eigenvalue weighted by molar-refractivity contribution is 5.70. The Morgan fingerprint density at radius 2 is 2.25 bits per heavy atom. The maximum atomic E-state index is 13.7. The van der Waals surface area contributed by atoms with Crippen molar-refractivity contribution in [1.82, 2.24) is 5.32 Å². The number of nitriles is 1. The zero-order valence-electron chi connectivity index (χ0n) is 12.0. The Hall–Kier alpha value is -1.93. The molecule has 0 spiro atoms. The summed E-state index contributed by atoms with van der Waals surface area (Å²) in [5.41, 5.74) is 0.352. The molecule has 0 aliphatic rings. The summed E-state index contributed by atoms with van der Waals surface area (Å²) in [5, 5.41) is 12.0. The molecule has 0 aliphatic heterocycles. The molecule has 108 valence electrons. The van der Waals surface area contributed by atoms with Gasteiger partial charge in [0, 0.05) is 17.6 Å². The van der Waals surface area contributed by atoms with Crippen molar-refractivity contribution < 1.29 is 13.9 Å². The van der Waals surface area contributed by atoms with E-state index in [2.05, 4.69) is 10.1 Å². The van der Waals surface area contributed by atoms with Crippen molar-refractivity contribution in [2.75, 3.05) is 7.11 Å². The van der Waals surface area contributed by atoms with Gasteiger partial charge in [-0.15, -0.1) is 0 Å². The second-order valence-corrected chi connectivity index (χ2v) is 4.94. The van der Waals surface area contributed by atoms with Gasteiger partial charge in [-0.1, -0.05) is 6.92 Å². The summed E-state index contributed by atoms with van der Waals surface area (Å²) >= 11 is 0. The van der Waals surface area contributed by atoms with Crippen molar-refractivity contribution in [2.45, 2.75) is 38.8 Å². The van der Waals surface area contributed by atoms with Gasteiger partial charge in [0.15, 0.2) is 0 Å². The van der Waals surface area contributed by atoms with Crippen LogP contribution in [0.4, 0.5) is 4.39 Å². The number of hydrogen-bond donors (Lipinski definition) is 1. The Kier molecular flexibility index (Phi) is 5.66. The number of esters is 1. The molecule has 0 unspecified atom stereocenters. The van der Waals surface area contributed by atoms with Crippen molar-refractivity contribution in [1.29, 1.82) is 5.26 Å². The van der Waals surface area contributed by atoms with Crippen LogP contribution >= 0.6 is 0 Å². The summed E-state index contributed by atoms with van der Waals surface area (Å²) in [6.07, 6.45) is 0.904. The van der Waals surface area contributed by atoms with E-state index in [1.165, 1.54) is 25.3 Å². The number of nitrogens with zero attached hydrogens (tertiary/aromatic N) is 1. The smallest absolute Gasteiger partial charge is 0.307 e. The van der Waals surface area contributed by atoms with E-state index >= 15 is 0 Å². The first-order valence-electron chi connectivity index (χ1n) is 6.44. The number of nitrogens with one attached hydrogen (secondary N) is 1. The van der Waals surface area contributed by atoms with Crippen LogP contribution in [-0.4, -0.2) is 18.6 Å². The summed E-state index contributed by atoms with van der Waals surface area (Å²) < 4.78 is 18.3. The summed E-state index contributed by atoms with van der Waals surface area (Å²) in [6, 6.07) is 6.20. The SMILES string of the molecule is CC[C@](C)(CC(=O)OC)NCc1cc(C#N)ccc1F. The maximum Gasteiger partial charge on any atom is 0.307 e. The Balaban J connectivity index is 2.78. The highest BCUT2D eigenvalue weighted by Crippen LogP contribution is 2.17. The van der Waals surface area contributed by atoms with Crippen molar-refractivity contribution in [2.24, 2.45) is 0 Å². The topological polar surface area (TPSA) is 62.1 Å². The lowest BCUT2D eigenvalue weighted by Crippen LogP contribution is -2.43. The van der Waals surface area contributed by atoms with E-state index in [1.54, 1.807) is 0 Å². The van der Waals surface area contributed by atoms with Crippen LogP contribution in [-0.2, 0) is 16.1 Å². The molecule has 1 aromatic carbocycles. The van der Waals surface area contributed by atoms with Crippen molar-refractivity contribution in [3.8, 4) is 6.07 Å². The average Bonchev–Trinajstić information content (AvgIpc) is 2.46. The van der Waals surface area contributed by atoms with Crippen molar-refractivity contribution in [3.05, 3.63) is 35.1 Å². The molecule has 0 radical (unpaired) electrons. The first-order chi connectivity index (χ1) is 9.44. The predicted molar refractivity (Wildman–Crippen MR) is 73.3 cm³/mol. The third-order valence-corrected chi connectivity index (χ3v) is 3.42. The van der Waals surface area contributed by atoms with Crippen LogP contribution in [0.25, 0.3) is 0 Å². The second kappa shape index (κ2) is 7.01. The highest BCUT2D eigenvalue weighted by Gasteiger charge is 2.25. The number of rotatable bonds is 6. The normalized spacial score (nSPS) is 13.3. The molecule has 0 saturated heterocycles. The summed E-state index contributed by atoms with van der Waals surface area (Å²) in [6.45, 7) is 4.08. The Bertz CT molecular complexity index is 525. The van der Waals surface area contributed by atoms with E-state index in [0.717, 1.165) is 0 Å². The number of benzene rings is 1. The van der Waals surface area contributed by atoms with E-state index in [1.807, 2.05) is 19.9 Å². The fourth-order valence-corrected chi connectivity index (χ4v) is 1.79. The van der Waals surface area contributed by atoms with Crippen LogP contribution in [0.2, 0.25) is 0 Å². The molecule has 0 heterocycles. The molecule has 20 heavy (non-hydrogen) atoms. The number of carbonyl (C=O) groups is 1. The van der Waals surface area contributed by atoms with Gasteiger partial charge < -0.3 is 10.1 Å². The number of halogens is 1. The largest absolute Gasteiger partial charge is 0.469 e. The van der Waals surface area contributed by atoms with Gasteiger partial charge in [-0.25, -0.2) is 4.39 Å². The Morgan fingerprint density at radius 1 is 1.55 bits per heavy atom. The molecule has 5 heteroatoms. The molecular weight excluding hydrogens is 259 g/mol. The number of ether oxygens (including phenoxy) is 1. The highest BCUT2D eigenvalue weighted by atomic mass is 19.1. The molecule has 0 saturated carbocycles. The van der Waals surface area contributed by atoms with Gasteiger partial charge in [0.05, 0.1) is 25.2 Å². The van der Waals surface area contributed by atoms with Gasteiger partial charge >= 0.3 is 5.97 Å². The fraction of sp³-hybridized carbons (Fsp3) is 0.467. The van der Waals surface area contributed by atoms with Gasteiger partial charge in [-0.3, -0.25) is 4.79 Å². The summed E-state index contributed by atoms with van der Waals surface area (Å²) in [4.78, 5) is 11.4. The lowest BCUT2D eigenvalue weighted by Gasteiger charge is -2.28. The number of hydrogen-bond acceptors (Lipinski definition) is 4. The van der Waals surface area contributed by atoms with Gasteiger partial charge in [0.25, 0.3) is 0 Å². The molecule has 0 bridgehead atoms. The first-order valence-corrected chi connectivity index (χ1v) is 6.44. The Morgan fingerprint density at radius 3 is 2.80 bits per heavy atom. The summed E-state index contributed by atoms with van der Waals surface area (Å²) in [7, 11) is 1.34. The van der Waals surface area contributed by atoms with Crippen molar-refractivity contribution >= 4 is 5.97 Å². The monoisotopic (exact) mass is 278 g/mol. The lowest BCUT2D eigenvalue weighted by molar-refractivity contribution is -0.142. The quantitative estimate of drug-likeness (QED) is 0.812. The summed E-state index contributed by atoms with van der Waals surface area (Å²) in [5.74, 6) is -0.680. The lowest BCUT2D eigenvalue weighted by atomic mass is 9.94. The van der Waals surface area contributed by atoms with Crippen LogP contribution in [0.5, 0.6) is 0 Å². The number of carbonyl (C=O) groups excluding carboxylic acids is 1. The third kappa shape index (κ3) is 4.32. The molecule has 0 fully saturated rings. The van der Waals surface area contributed by atoms with Gasteiger partial charge in [0.1, 0.15) is 5.82 Å². The first kappa shape index (κ1) is 16.1. The van der Waals surface area contributed by atoms with Crippen LogP contribution in [0, 0.1) is 17.1 Å². The Labute approximate surface area is 118 Å². The van der Waals surface area contributed by atoms with Crippen LogP contribution < -0.4 is 5.32 Å². The third-order valence-electron chi connectivity index (χ3n) is 3.42. The zero-order valence-corrected chi connectivity index (χ0v) is 12.0. The average molecular weight is 278 g/mol. The van der Waals surface area contributed by atoms with E-state index in [0.29, 0.717) is 17.5 Å². The second-order valence-electron chi connectivity index (χ2n) is 4.94.